The van der Waals surface area contributed by atoms with Crippen LogP contribution in [0.5, 0.6) is 5.75 Å². The van der Waals surface area contributed by atoms with Gasteiger partial charge in [-0.1, -0.05) is 69.3 Å². The van der Waals surface area contributed by atoms with Gasteiger partial charge in [0.15, 0.2) is 0 Å². The molecule has 30 heavy (non-hydrogen) atoms. The van der Waals surface area contributed by atoms with E-state index in [2.05, 4.69) is 56.7 Å². The van der Waals surface area contributed by atoms with Crippen molar-refractivity contribution in [3.05, 3.63) is 77.7 Å². The summed E-state index contributed by atoms with van der Waals surface area (Å²) in [7, 11) is 0. The Morgan fingerprint density at radius 1 is 0.867 bits per heavy atom. The first-order chi connectivity index (χ1) is 14.4. The van der Waals surface area contributed by atoms with Crippen LogP contribution in [0.15, 0.2) is 77.0 Å². The molecule has 0 saturated heterocycles. The van der Waals surface area contributed by atoms with E-state index in [1.807, 2.05) is 42.5 Å². The molecule has 0 spiro atoms. The lowest BCUT2D eigenvalue weighted by Gasteiger charge is -2.22. The number of nitrogens with zero attached hydrogens (tertiary/aromatic N) is 1. The number of hydrogen-bond donors (Lipinski definition) is 1. The van der Waals surface area contributed by atoms with Gasteiger partial charge in [0.25, 0.3) is 0 Å². The first-order valence-electron chi connectivity index (χ1n) is 9.90. The minimum atomic E-state index is -0.0441. The molecule has 1 aromatic heterocycles. The summed E-state index contributed by atoms with van der Waals surface area (Å²) in [5.74, 6) is 0.285. The summed E-state index contributed by atoms with van der Waals surface area (Å²) in [6, 6.07) is 22.6. The quantitative estimate of drug-likeness (QED) is 0.334. The monoisotopic (exact) mass is 431 g/mol. The van der Waals surface area contributed by atoms with Gasteiger partial charge in [-0.15, -0.1) is 23.1 Å². The number of phenolic OH excluding ortho intramolecular Hbond substituents is 1. The number of thiazole rings is 1. The fourth-order valence-corrected chi connectivity index (χ4v) is 4.89. The van der Waals surface area contributed by atoms with Gasteiger partial charge in [-0.05, 0) is 41.0 Å². The lowest BCUT2D eigenvalue weighted by molar-refractivity contribution is 0.478. The van der Waals surface area contributed by atoms with Crippen LogP contribution in [0, 0.1) is 0 Å². The Balaban J connectivity index is 1.88. The maximum atomic E-state index is 11.2. The van der Waals surface area contributed by atoms with Gasteiger partial charge in [-0.3, -0.25) is 0 Å². The fourth-order valence-electron chi connectivity index (χ4n) is 3.45. The SMILES string of the molecule is CSc1ccccc1-c1csc(-c2cc(C(C)(C)C)cc(-c3ccccc3)c2O)n1. The summed E-state index contributed by atoms with van der Waals surface area (Å²) in [5, 5.41) is 14.1. The molecular weight excluding hydrogens is 406 g/mol. The number of aromatic hydroxyl groups is 1. The van der Waals surface area contributed by atoms with Crippen LogP contribution in [0.1, 0.15) is 26.3 Å². The van der Waals surface area contributed by atoms with Gasteiger partial charge in [0.2, 0.25) is 0 Å². The van der Waals surface area contributed by atoms with E-state index in [1.54, 1.807) is 23.1 Å². The van der Waals surface area contributed by atoms with Crippen LogP contribution in [-0.2, 0) is 5.41 Å². The smallest absolute Gasteiger partial charge is 0.133 e. The molecular formula is C26H25NOS2. The molecule has 152 valence electrons. The summed E-state index contributed by atoms with van der Waals surface area (Å²) < 4.78 is 0. The summed E-state index contributed by atoms with van der Waals surface area (Å²) in [6.45, 7) is 6.58. The van der Waals surface area contributed by atoms with Crippen LogP contribution in [0.3, 0.4) is 0 Å². The zero-order chi connectivity index (χ0) is 21.3. The predicted octanol–water partition coefficient (Wildman–Crippen LogP) is 7.87. The van der Waals surface area contributed by atoms with Crippen LogP contribution >= 0.6 is 23.1 Å². The maximum absolute atomic E-state index is 11.2. The molecule has 0 fully saturated rings. The van der Waals surface area contributed by atoms with E-state index in [0.29, 0.717) is 0 Å². The standard InChI is InChI=1S/C26H25NOS2/c1-26(2,3)18-14-20(17-10-6-5-7-11-17)24(28)21(15-18)25-27-22(16-30-25)19-12-8-9-13-23(19)29-4/h5-16,28H,1-4H3. The van der Waals surface area contributed by atoms with Gasteiger partial charge in [0, 0.05) is 21.4 Å². The highest BCUT2D eigenvalue weighted by molar-refractivity contribution is 7.98. The van der Waals surface area contributed by atoms with Crippen molar-refractivity contribution in [1.29, 1.82) is 0 Å². The van der Waals surface area contributed by atoms with Crippen LogP contribution in [0.2, 0.25) is 0 Å². The molecule has 4 heteroatoms. The third-order valence-electron chi connectivity index (χ3n) is 5.18. The average Bonchev–Trinajstić information content (AvgIpc) is 3.23. The van der Waals surface area contributed by atoms with Gasteiger partial charge in [0.05, 0.1) is 11.3 Å². The Hall–Kier alpha value is -2.56. The van der Waals surface area contributed by atoms with E-state index < -0.39 is 0 Å². The predicted molar refractivity (Wildman–Crippen MR) is 131 cm³/mol. The van der Waals surface area contributed by atoms with E-state index in [1.165, 1.54) is 10.5 Å². The molecule has 4 aromatic rings. The lowest BCUT2D eigenvalue weighted by Crippen LogP contribution is -2.11. The number of aromatic nitrogens is 1. The Bertz CT molecular complexity index is 1170. The topological polar surface area (TPSA) is 33.1 Å². The highest BCUT2D eigenvalue weighted by atomic mass is 32.2. The molecule has 0 unspecified atom stereocenters. The van der Waals surface area contributed by atoms with Crippen molar-refractivity contribution in [1.82, 2.24) is 4.98 Å². The number of rotatable bonds is 4. The van der Waals surface area contributed by atoms with E-state index in [9.17, 15) is 5.11 Å². The normalized spacial score (nSPS) is 11.6. The van der Waals surface area contributed by atoms with Gasteiger partial charge in [-0.2, -0.15) is 0 Å². The highest BCUT2D eigenvalue weighted by Gasteiger charge is 2.22. The van der Waals surface area contributed by atoms with Gasteiger partial charge >= 0.3 is 0 Å². The van der Waals surface area contributed by atoms with E-state index in [0.717, 1.165) is 33.0 Å². The molecule has 0 atom stereocenters. The number of benzene rings is 3. The second-order valence-electron chi connectivity index (χ2n) is 8.27. The number of phenols is 1. The Kier molecular flexibility index (Phi) is 5.72. The Labute approximate surface area is 186 Å². The number of thioether (sulfide) groups is 1. The Morgan fingerprint density at radius 3 is 2.23 bits per heavy atom. The maximum Gasteiger partial charge on any atom is 0.133 e. The molecule has 0 aliphatic carbocycles. The summed E-state index contributed by atoms with van der Waals surface area (Å²) >= 11 is 3.29. The minimum absolute atomic E-state index is 0.0441. The molecule has 0 saturated carbocycles. The van der Waals surface area contributed by atoms with Gasteiger partial charge < -0.3 is 5.11 Å². The van der Waals surface area contributed by atoms with E-state index in [4.69, 9.17) is 4.98 Å². The largest absolute Gasteiger partial charge is 0.507 e. The van der Waals surface area contributed by atoms with Crippen molar-refractivity contribution in [3.8, 4) is 38.7 Å². The van der Waals surface area contributed by atoms with Crippen molar-refractivity contribution >= 4 is 23.1 Å². The fraction of sp³-hybridized carbons (Fsp3) is 0.192. The van der Waals surface area contributed by atoms with Crippen molar-refractivity contribution in [2.24, 2.45) is 0 Å². The first kappa shape index (κ1) is 20.7. The van der Waals surface area contributed by atoms with E-state index in [-0.39, 0.29) is 11.2 Å². The van der Waals surface area contributed by atoms with Crippen molar-refractivity contribution in [2.45, 2.75) is 31.1 Å². The molecule has 2 nitrogen and oxygen atoms in total. The molecule has 3 aromatic carbocycles. The minimum Gasteiger partial charge on any atom is -0.507 e. The zero-order valence-corrected chi connectivity index (χ0v) is 19.3. The molecule has 1 N–H and O–H groups in total. The van der Waals surface area contributed by atoms with Gasteiger partial charge in [-0.25, -0.2) is 4.98 Å². The second-order valence-corrected chi connectivity index (χ2v) is 9.98. The van der Waals surface area contributed by atoms with Gasteiger partial charge in [0.1, 0.15) is 10.8 Å². The van der Waals surface area contributed by atoms with Crippen LogP contribution in [0.25, 0.3) is 33.0 Å². The first-order valence-corrected chi connectivity index (χ1v) is 12.0. The molecule has 1 heterocycles. The zero-order valence-electron chi connectivity index (χ0n) is 17.6. The molecule has 4 rings (SSSR count). The third-order valence-corrected chi connectivity index (χ3v) is 6.85. The average molecular weight is 432 g/mol. The summed E-state index contributed by atoms with van der Waals surface area (Å²) in [5.41, 5.74) is 5.85. The highest BCUT2D eigenvalue weighted by Crippen LogP contribution is 2.43. The van der Waals surface area contributed by atoms with Crippen LogP contribution in [-0.4, -0.2) is 16.3 Å². The number of hydrogen-bond acceptors (Lipinski definition) is 4. The van der Waals surface area contributed by atoms with Crippen molar-refractivity contribution in [3.63, 3.8) is 0 Å². The second kappa shape index (κ2) is 8.29. The van der Waals surface area contributed by atoms with Crippen LogP contribution in [0.4, 0.5) is 0 Å². The van der Waals surface area contributed by atoms with E-state index >= 15 is 0 Å². The molecule has 0 radical (unpaired) electrons. The molecule has 0 aliphatic rings. The Morgan fingerprint density at radius 2 is 1.53 bits per heavy atom. The van der Waals surface area contributed by atoms with Crippen LogP contribution < -0.4 is 0 Å². The van der Waals surface area contributed by atoms with Crippen molar-refractivity contribution < 1.29 is 5.11 Å². The lowest BCUT2D eigenvalue weighted by atomic mass is 9.83. The summed E-state index contributed by atoms with van der Waals surface area (Å²) in [6.07, 6.45) is 2.08. The third kappa shape index (κ3) is 4.03. The van der Waals surface area contributed by atoms with Crippen molar-refractivity contribution in [2.75, 3.05) is 6.26 Å². The molecule has 0 amide bonds. The summed E-state index contributed by atoms with van der Waals surface area (Å²) in [4.78, 5) is 6.12. The molecule has 0 aliphatic heterocycles. The molecule has 0 bridgehead atoms.